The summed E-state index contributed by atoms with van der Waals surface area (Å²) in [7, 11) is 1.80. The fraction of sp³-hybridized carbons (Fsp3) is 0.118. The SMILES string of the molecule is CN(C(=O)Cn1ccc2c[c]ccc21)c1ccccc1. The van der Waals surface area contributed by atoms with Crippen molar-refractivity contribution in [2.75, 3.05) is 11.9 Å². The van der Waals surface area contributed by atoms with Gasteiger partial charge in [-0.25, -0.2) is 0 Å². The lowest BCUT2D eigenvalue weighted by Crippen LogP contribution is -2.29. The Bertz CT molecular complexity index is 731. The van der Waals surface area contributed by atoms with Gasteiger partial charge in [-0.2, -0.15) is 0 Å². The van der Waals surface area contributed by atoms with Gasteiger partial charge in [0.1, 0.15) is 6.54 Å². The zero-order chi connectivity index (χ0) is 13.9. The second kappa shape index (κ2) is 5.21. The van der Waals surface area contributed by atoms with Crippen LogP contribution in [-0.2, 0) is 11.3 Å². The Morgan fingerprint density at radius 1 is 1.20 bits per heavy atom. The quantitative estimate of drug-likeness (QED) is 0.712. The fourth-order valence-corrected chi connectivity index (χ4v) is 2.27. The molecule has 0 N–H and O–H groups in total. The van der Waals surface area contributed by atoms with E-state index in [0.29, 0.717) is 6.54 Å². The van der Waals surface area contributed by atoms with Crippen LogP contribution in [0.2, 0.25) is 0 Å². The zero-order valence-electron chi connectivity index (χ0n) is 11.3. The van der Waals surface area contributed by atoms with Crippen LogP contribution in [0, 0.1) is 6.07 Å². The van der Waals surface area contributed by atoms with Crippen molar-refractivity contribution in [1.82, 2.24) is 4.57 Å². The van der Waals surface area contributed by atoms with E-state index in [1.165, 1.54) is 0 Å². The topological polar surface area (TPSA) is 25.2 Å². The summed E-state index contributed by atoms with van der Waals surface area (Å²) in [6.45, 7) is 0.332. The van der Waals surface area contributed by atoms with Crippen molar-refractivity contribution >= 4 is 22.5 Å². The molecular formula is C17H15N2O. The van der Waals surface area contributed by atoms with Crippen LogP contribution in [-0.4, -0.2) is 17.5 Å². The average molecular weight is 263 g/mol. The van der Waals surface area contributed by atoms with Crippen LogP contribution in [0.15, 0.2) is 60.8 Å². The van der Waals surface area contributed by atoms with Gasteiger partial charge < -0.3 is 9.47 Å². The summed E-state index contributed by atoms with van der Waals surface area (Å²) < 4.78 is 1.96. The molecule has 1 amide bonds. The third-order valence-corrected chi connectivity index (χ3v) is 3.44. The smallest absolute Gasteiger partial charge is 0.246 e. The summed E-state index contributed by atoms with van der Waals surface area (Å²) in [4.78, 5) is 14.0. The van der Waals surface area contributed by atoms with E-state index in [9.17, 15) is 4.79 Å². The minimum atomic E-state index is 0.0570. The van der Waals surface area contributed by atoms with Gasteiger partial charge in [0, 0.05) is 29.8 Å². The van der Waals surface area contributed by atoms with Crippen molar-refractivity contribution in [2.24, 2.45) is 0 Å². The number of hydrogen-bond donors (Lipinski definition) is 0. The maximum Gasteiger partial charge on any atom is 0.246 e. The molecule has 1 aromatic heterocycles. The fourth-order valence-electron chi connectivity index (χ4n) is 2.27. The number of para-hydroxylation sites is 1. The minimum absolute atomic E-state index is 0.0570. The number of benzene rings is 2. The van der Waals surface area contributed by atoms with Gasteiger partial charge in [0.05, 0.1) is 0 Å². The molecular weight excluding hydrogens is 248 g/mol. The van der Waals surface area contributed by atoms with Gasteiger partial charge in [-0.15, -0.1) is 0 Å². The standard InChI is InChI=1S/C17H15N2O/c1-18(15-8-3-2-4-9-15)17(20)13-19-12-11-14-7-5-6-10-16(14)19/h2-4,6-12H,13H2,1H3. The second-order valence-corrected chi connectivity index (χ2v) is 4.72. The van der Waals surface area contributed by atoms with E-state index < -0.39 is 0 Å². The molecule has 1 radical (unpaired) electrons. The predicted molar refractivity (Wildman–Crippen MR) is 80.6 cm³/mol. The first-order valence-corrected chi connectivity index (χ1v) is 6.52. The second-order valence-electron chi connectivity index (χ2n) is 4.72. The summed E-state index contributed by atoms with van der Waals surface area (Å²) in [6.07, 6.45) is 1.94. The summed E-state index contributed by atoms with van der Waals surface area (Å²) in [5.74, 6) is 0.0570. The minimum Gasteiger partial charge on any atom is -0.338 e. The number of carbonyl (C=O) groups excluding carboxylic acids is 1. The molecule has 0 saturated carbocycles. The van der Waals surface area contributed by atoms with Crippen molar-refractivity contribution in [1.29, 1.82) is 0 Å². The van der Waals surface area contributed by atoms with Crippen LogP contribution in [0.25, 0.3) is 10.9 Å². The highest BCUT2D eigenvalue weighted by atomic mass is 16.2. The molecule has 0 unspecified atom stereocenters. The van der Waals surface area contributed by atoms with Crippen molar-refractivity contribution in [3.8, 4) is 0 Å². The lowest BCUT2D eigenvalue weighted by Gasteiger charge is -2.18. The lowest BCUT2D eigenvalue weighted by atomic mass is 10.2. The molecule has 0 aliphatic rings. The third-order valence-electron chi connectivity index (χ3n) is 3.44. The highest BCUT2D eigenvalue weighted by Gasteiger charge is 2.12. The lowest BCUT2D eigenvalue weighted by molar-refractivity contribution is -0.118. The van der Waals surface area contributed by atoms with Crippen LogP contribution >= 0.6 is 0 Å². The molecule has 0 atom stereocenters. The number of anilines is 1. The van der Waals surface area contributed by atoms with E-state index in [2.05, 4.69) is 6.07 Å². The monoisotopic (exact) mass is 263 g/mol. The Morgan fingerprint density at radius 2 is 2.00 bits per heavy atom. The van der Waals surface area contributed by atoms with E-state index in [0.717, 1.165) is 16.6 Å². The Labute approximate surface area is 118 Å². The van der Waals surface area contributed by atoms with Crippen LogP contribution in [0.3, 0.4) is 0 Å². The van der Waals surface area contributed by atoms with Crippen LogP contribution in [0.4, 0.5) is 5.69 Å². The summed E-state index contributed by atoms with van der Waals surface area (Å²) in [6, 6.07) is 20.5. The average Bonchev–Trinajstić information content (AvgIpc) is 2.91. The third kappa shape index (κ3) is 2.30. The Balaban J connectivity index is 1.82. The highest BCUT2D eigenvalue weighted by Crippen LogP contribution is 2.16. The molecule has 20 heavy (non-hydrogen) atoms. The zero-order valence-corrected chi connectivity index (χ0v) is 11.3. The number of aromatic nitrogens is 1. The molecule has 0 aliphatic heterocycles. The molecule has 0 fully saturated rings. The van der Waals surface area contributed by atoms with E-state index in [-0.39, 0.29) is 5.91 Å². The van der Waals surface area contributed by atoms with E-state index >= 15 is 0 Å². The first kappa shape index (κ1) is 12.5. The number of fused-ring (bicyclic) bond motifs is 1. The van der Waals surface area contributed by atoms with Crippen molar-refractivity contribution in [3.05, 3.63) is 66.9 Å². The van der Waals surface area contributed by atoms with Crippen LogP contribution in [0.1, 0.15) is 0 Å². The Morgan fingerprint density at radius 3 is 2.80 bits per heavy atom. The molecule has 0 spiro atoms. The first-order chi connectivity index (χ1) is 9.75. The van der Waals surface area contributed by atoms with Crippen molar-refractivity contribution < 1.29 is 4.79 Å². The Kier molecular flexibility index (Phi) is 3.25. The molecule has 2 aromatic carbocycles. The van der Waals surface area contributed by atoms with E-state index in [1.54, 1.807) is 11.9 Å². The summed E-state index contributed by atoms with van der Waals surface area (Å²) in [5, 5.41) is 1.10. The van der Waals surface area contributed by atoms with Gasteiger partial charge in [-0.1, -0.05) is 24.3 Å². The number of rotatable bonds is 3. The first-order valence-electron chi connectivity index (χ1n) is 6.52. The van der Waals surface area contributed by atoms with Crippen molar-refractivity contribution in [3.63, 3.8) is 0 Å². The number of likely N-dealkylation sites (N-methyl/N-ethyl adjacent to an activating group) is 1. The van der Waals surface area contributed by atoms with Crippen LogP contribution < -0.4 is 4.90 Å². The number of carbonyl (C=O) groups is 1. The van der Waals surface area contributed by atoms with E-state index in [4.69, 9.17) is 0 Å². The van der Waals surface area contributed by atoms with Gasteiger partial charge in [-0.3, -0.25) is 4.79 Å². The molecule has 0 aliphatic carbocycles. The summed E-state index contributed by atoms with van der Waals surface area (Å²) in [5.41, 5.74) is 1.96. The van der Waals surface area contributed by atoms with Gasteiger partial charge >= 0.3 is 0 Å². The predicted octanol–water partition coefficient (Wildman–Crippen LogP) is 3.10. The summed E-state index contributed by atoms with van der Waals surface area (Å²) >= 11 is 0. The highest BCUT2D eigenvalue weighted by molar-refractivity contribution is 5.93. The number of nitrogens with zero attached hydrogens (tertiary/aromatic N) is 2. The molecule has 3 rings (SSSR count). The van der Waals surface area contributed by atoms with E-state index in [1.807, 2.05) is 65.4 Å². The molecule has 3 heteroatoms. The van der Waals surface area contributed by atoms with Gasteiger partial charge in [0.25, 0.3) is 0 Å². The van der Waals surface area contributed by atoms with Gasteiger partial charge in [0.2, 0.25) is 5.91 Å². The number of amides is 1. The largest absolute Gasteiger partial charge is 0.338 e. The maximum absolute atomic E-state index is 12.4. The molecule has 1 heterocycles. The van der Waals surface area contributed by atoms with Gasteiger partial charge in [0.15, 0.2) is 0 Å². The Hall–Kier alpha value is -2.55. The molecule has 3 aromatic rings. The maximum atomic E-state index is 12.4. The van der Waals surface area contributed by atoms with Crippen molar-refractivity contribution in [2.45, 2.75) is 6.54 Å². The van der Waals surface area contributed by atoms with Gasteiger partial charge in [-0.05, 0) is 36.4 Å². The molecule has 99 valence electrons. The molecule has 3 nitrogen and oxygen atoms in total. The number of hydrogen-bond acceptors (Lipinski definition) is 1. The molecule has 0 saturated heterocycles. The molecule has 0 bridgehead atoms. The normalized spacial score (nSPS) is 10.7. The van der Waals surface area contributed by atoms with Crippen LogP contribution in [0.5, 0.6) is 0 Å².